The number of hydrogen-bond acceptors (Lipinski definition) is 3. The predicted molar refractivity (Wildman–Crippen MR) is 66.8 cm³/mol. The molecule has 0 bridgehead atoms. The largest absolute Gasteiger partial charge is 0.341 e. The topological polar surface area (TPSA) is 35.6 Å². The Morgan fingerprint density at radius 1 is 1.24 bits per heavy atom. The minimum atomic E-state index is 0.348. The molecule has 0 aromatic heterocycles. The average molecular weight is 237 g/mol. The summed E-state index contributed by atoms with van der Waals surface area (Å²) in [4.78, 5) is 16.4. The number of hydrogen-bond donors (Lipinski definition) is 1. The Labute approximate surface area is 103 Å². The molecule has 1 atom stereocenters. The standard InChI is InChI=1S/C13H23N3O/c17-13(15-7-2-8-15)10-16(12-4-5-12)9-11-3-1-6-14-11/h11-12,14H,1-10H2. The molecule has 1 unspecified atom stereocenters. The molecule has 17 heavy (non-hydrogen) atoms. The lowest BCUT2D eigenvalue weighted by Gasteiger charge is -2.34. The van der Waals surface area contributed by atoms with Crippen LogP contribution in [0.4, 0.5) is 0 Å². The molecule has 3 aliphatic rings. The van der Waals surface area contributed by atoms with Crippen molar-refractivity contribution in [3.8, 4) is 0 Å². The Bertz CT molecular complexity index is 280. The fourth-order valence-electron chi connectivity index (χ4n) is 2.82. The highest BCUT2D eigenvalue weighted by atomic mass is 16.2. The van der Waals surface area contributed by atoms with E-state index < -0.39 is 0 Å². The molecule has 0 aromatic rings. The van der Waals surface area contributed by atoms with E-state index in [0.717, 1.165) is 26.2 Å². The van der Waals surface area contributed by atoms with Gasteiger partial charge in [0.1, 0.15) is 0 Å². The Morgan fingerprint density at radius 3 is 2.59 bits per heavy atom. The van der Waals surface area contributed by atoms with Gasteiger partial charge in [-0.3, -0.25) is 9.69 Å². The van der Waals surface area contributed by atoms with Gasteiger partial charge < -0.3 is 10.2 Å². The maximum absolute atomic E-state index is 12.0. The summed E-state index contributed by atoms with van der Waals surface area (Å²) in [6.07, 6.45) is 6.35. The van der Waals surface area contributed by atoms with Gasteiger partial charge in [-0.1, -0.05) is 0 Å². The van der Waals surface area contributed by atoms with Gasteiger partial charge in [-0.15, -0.1) is 0 Å². The Hall–Kier alpha value is -0.610. The maximum atomic E-state index is 12.0. The molecule has 1 amide bonds. The molecule has 96 valence electrons. The summed E-state index contributed by atoms with van der Waals surface area (Å²) in [6, 6.07) is 1.32. The van der Waals surface area contributed by atoms with Crippen molar-refractivity contribution >= 4 is 5.91 Å². The van der Waals surface area contributed by atoms with E-state index in [4.69, 9.17) is 0 Å². The van der Waals surface area contributed by atoms with Crippen molar-refractivity contribution in [1.29, 1.82) is 0 Å². The third kappa shape index (κ3) is 2.80. The van der Waals surface area contributed by atoms with Gasteiger partial charge in [0.15, 0.2) is 0 Å². The highest BCUT2D eigenvalue weighted by Crippen LogP contribution is 2.27. The number of carbonyl (C=O) groups is 1. The molecule has 4 nitrogen and oxygen atoms in total. The number of nitrogens with one attached hydrogen (secondary N) is 1. The summed E-state index contributed by atoms with van der Waals surface area (Å²) >= 11 is 0. The van der Waals surface area contributed by atoms with Crippen molar-refractivity contribution in [2.24, 2.45) is 0 Å². The van der Waals surface area contributed by atoms with Crippen LogP contribution < -0.4 is 5.32 Å². The minimum absolute atomic E-state index is 0.348. The Kier molecular flexibility index (Phi) is 3.34. The van der Waals surface area contributed by atoms with E-state index in [0.29, 0.717) is 24.5 Å². The highest BCUT2D eigenvalue weighted by Gasteiger charge is 2.33. The third-order valence-electron chi connectivity index (χ3n) is 4.23. The quantitative estimate of drug-likeness (QED) is 0.753. The van der Waals surface area contributed by atoms with Gasteiger partial charge in [-0.05, 0) is 38.6 Å². The Morgan fingerprint density at radius 2 is 2.06 bits per heavy atom. The lowest BCUT2D eigenvalue weighted by atomic mass is 10.2. The smallest absolute Gasteiger partial charge is 0.236 e. The van der Waals surface area contributed by atoms with E-state index in [1.165, 1.54) is 32.1 Å². The second-order valence-corrected chi connectivity index (χ2v) is 5.69. The molecule has 2 aliphatic heterocycles. The summed E-state index contributed by atoms with van der Waals surface area (Å²) in [5, 5.41) is 3.53. The van der Waals surface area contributed by atoms with Crippen LogP contribution in [0.5, 0.6) is 0 Å². The summed E-state index contributed by atoms with van der Waals surface area (Å²) in [5.74, 6) is 0.348. The molecule has 1 saturated carbocycles. The normalized spacial score (nSPS) is 28.5. The molecular formula is C13H23N3O. The molecule has 0 radical (unpaired) electrons. The molecule has 0 spiro atoms. The van der Waals surface area contributed by atoms with Gasteiger partial charge in [0, 0.05) is 31.7 Å². The second kappa shape index (κ2) is 4.94. The first kappa shape index (κ1) is 11.5. The average Bonchev–Trinajstić information content (AvgIpc) is 2.95. The summed E-state index contributed by atoms with van der Waals surface area (Å²) in [6.45, 7) is 4.86. The van der Waals surface area contributed by atoms with E-state index in [-0.39, 0.29) is 0 Å². The number of rotatable bonds is 5. The van der Waals surface area contributed by atoms with Crippen molar-refractivity contribution in [2.75, 3.05) is 32.7 Å². The first-order chi connectivity index (χ1) is 8.33. The molecule has 1 aliphatic carbocycles. The number of nitrogens with zero attached hydrogens (tertiary/aromatic N) is 2. The van der Waals surface area contributed by atoms with Gasteiger partial charge in [-0.2, -0.15) is 0 Å². The zero-order valence-electron chi connectivity index (χ0n) is 10.5. The third-order valence-corrected chi connectivity index (χ3v) is 4.23. The molecule has 2 saturated heterocycles. The van der Waals surface area contributed by atoms with E-state index in [1.807, 2.05) is 4.90 Å². The second-order valence-electron chi connectivity index (χ2n) is 5.69. The van der Waals surface area contributed by atoms with Gasteiger partial charge in [0.2, 0.25) is 5.91 Å². The van der Waals surface area contributed by atoms with Crippen LogP contribution in [0, 0.1) is 0 Å². The predicted octanol–water partition coefficient (Wildman–Crippen LogP) is 0.435. The van der Waals surface area contributed by atoms with Crippen LogP contribution in [-0.2, 0) is 4.79 Å². The molecule has 1 N–H and O–H groups in total. The van der Waals surface area contributed by atoms with Crippen molar-refractivity contribution in [3.05, 3.63) is 0 Å². The highest BCUT2D eigenvalue weighted by molar-refractivity contribution is 5.79. The summed E-state index contributed by atoms with van der Waals surface area (Å²) < 4.78 is 0. The van der Waals surface area contributed by atoms with E-state index in [9.17, 15) is 4.79 Å². The number of likely N-dealkylation sites (tertiary alicyclic amines) is 1. The van der Waals surface area contributed by atoms with Crippen LogP contribution in [0.15, 0.2) is 0 Å². The molecule has 2 heterocycles. The van der Waals surface area contributed by atoms with Gasteiger partial charge in [-0.25, -0.2) is 0 Å². The molecule has 4 heteroatoms. The minimum Gasteiger partial charge on any atom is -0.341 e. The van der Waals surface area contributed by atoms with E-state index >= 15 is 0 Å². The van der Waals surface area contributed by atoms with Gasteiger partial charge in [0.05, 0.1) is 6.54 Å². The lowest BCUT2D eigenvalue weighted by molar-refractivity contribution is -0.136. The van der Waals surface area contributed by atoms with Gasteiger partial charge in [0.25, 0.3) is 0 Å². The first-order valence-electron chi connectivity index (χ1n) is 7.08. The van der Waals surface area contributed by atoms with Crippen molar-refractivity contribution < 1.29 is 4.79 Å². The zero-order valence-corrected chi connectivity index (χ0v) is 10.5. The van der Waals surface area contributed by atoms with Crippen molar-refractivity contribution in [1.82, 2.24) is 15.1 Å². The number of carbonyl (C=O) groups excluding carboxylic acids is 1. The van der Waals surface area contributed by atoms with Crippen LogP contribution in [0.2, 0.25) is 0 Å². The fourth-order valence-corrected chi connectivity index (χ4v) is 2.82. The van der Waals surface area contributed by atoms with Crippen LogP contribution in [-0.4, -0.2) is 60.5 Å². The zero-order chi connectivity index (χ0) is 11.7. The molecule has 3 fully saturated rings. The lowest BCUT2D eigenvalue weighted by Crippen LogP contribution is -2.49. The molecular weight excluding hydrogens is 214 g/mol. The van der Waals surface area contributed by atoms with Crippen LogP contribution >= 0.6 is 0 Å². The van der Waals surface area contributed by atoms with Crippen molar-refractivity contribution in [3.63, 3.8) is 0 Å². The van der Waals surface area contributed by atoms with E-state index in [1.54, 1.807) is 0 Å². The molecule has 3 rings (SSSR count). The summed E-state index contributed by atoms with van der Waals surface area (Å²) in [7, 11) is 0. The maximum Gasteiger partial charge on any atom is 0.236 e. The summed E-state index contributed by atoms with van der Waals surface area (Å²) in [5.41, 5.74) is 0. The first-order valence-corrected chi connectivity index (χ1v) is 7.08. The number of amides is 1. The van der Waals surface area contributed by atoms with Crippen LogP contribution in [0.1, 0.15) is 32.1 Å². The van der Waals surface area contributed by atoms with Crippen LogP contribution in [0.25, 0.3) is 0 Å². The molecule has 0 aromatic carbocycles. The fraction of sp³-hybridized carbons (Fsp3) is 0.923. The van der Waals surface area contributed by atoms with Crippen LogP contribution in [0.3, 0.4) is 0 Å². The van der Waals surface area contributed by atoms with Crippen molar-refractivity contribution in [2.45, 2.75) is 44.2 Å². The van der Waals surface area contributed by atoms with Gasteiger partial charge >= 0.3 is 0 Å². The monoisotopic (exact) mass is 237 g/mol. The Balaban J connectivity index is 1.50. The SMILES string of the molecule is O=C(CN(CC1CCCN1)C1CC1)N1CCC1. The van der Waals surface area contributed by atoms with E-state index in [2.05, 4.69) is 10.2 Å².